The predicted molar refractivity (Wildman–Crippen MR) is 103 cm³/mol. The van der Waals surface area contributed by atoms with E-state index in [0.717, 1.165) is 5.56 Å². The Bertz CT molecular complexity index is 815. The van der Waals surface area contributed by atoms with Gasteiger partial charge >= 0.3 is 0 Å². The van der Waals surface area contributed by atoms with Crippen molar-refractivity contribution in [1.82, 2.24) is 0 Å². The van der Waals surface area contributed by atoms with Crippen LogP contribution in [0, 0.1) is 0 Å². The van der Waals surface area contributed by atoms with Crippen molar-refractivity contribution in [2.75, 3.05) is 4.90 Å². The second kappa shape index (κ2) is 7.13. The van der Waals surface area contributed by atoms with Gasteiger partial charge < -0.3 is 0 Å². The molecular formula is C18H12ClNOS2. The normalized spacial score (nSPS) is 16.7. The van der Waals surface area contributed by atoms with Crippen LogP contribution in [0.3, 0.4) is 0 Å². The lowest BCUT2D eigenvalue weighted by Crippen LogP contribution is -2.27. The van der Waals surface area contributed by atoms with E-state index in [-0.39, 0.29) is 5.91 Å². The standard InChI is InChI=1S/C18H12ClNOS2/c19-14-10-4-5-11-15(14)20-17(21)16(23-18(20)22)12-6-9-13-7-2-1-3-8-13/h1-12H/b9-6+,16-12-. The molecule has 2 nitrogen and oxygen atoms in total. The molecule has 1 amide bonds. The molecule has 0 bridgehead atoms. The Balaban J connectivity index is 1.83. The number of hydrogen-bond acceptors (Lipinski definition) is 3. The summed E-state index contributed by atoms with van der Waals surface area (Å²) in [4.78, 5) is 14.6. The number of allylic oxidation sites excluding steroid dienone is 2. The zero-order chi connectivity index (χ0) is 16.2. The molecule has 114 valence electrons. The molecule has 0 aliphatic carbocycles. The van der Waals surface area contributed by atoms with E-state index in [1.165, 1.54) is 16.7 Å². The minimum absolute atomic E-state index is 0.147. The Morgan fingerprint density at radius 2 is 1.74 bits per heavy atom. The van der Waals surface area contributed by atoms with Gasteiger partial charge in [0.1, 0.15) is 0 Å². The van der Waals surface area contributed by atoms with Crippen molar-refractivity contribution in [2.24, 2.45) is 0 Å². The van der Waals surface area contributed by atoms with Crippen molar-refractivity contribution in [3.8, 4) is 0 Å². The van der Waals surface area contributed by atoms with Crippen LogP contribution < -0.4 is 4.90 Å². The minimum atomic E-state index is -0.147. The molecule has 0 spiro atoms. The van der Waals surface area contributed by atoms with Crippen LogP contribution in [-0.4, -0.2) is 10.2 Å². The average molecular weight is 358 g/mol. The maximum absolute atomic E-state index is 12.6. The second-order valence-electron chi connectivity index (χ2n) is 4.76. The smallest absolute Gasteiger partial charge is 0.268 e. The average Bonchev–Trinajstić information content (AvgIpc) is 2.83. The highest BCUT2D eigenvalue weighted by atomic mass is 35.5. The number of halogens is 1. The van der Waals surface area contributed by atoms with Gasteiger partial charge in [-0.15, -0.1) is 0 Å². The highest BCUT2D eigenvalue weighted by Crippen LogP contribution is 2.37. The van der Waals surface area contributed by atoms with Crippen molar-refractivity contribution in [3.63, 3.8) is 0 Å². The van der Waals surface area contributed by atoms with Gasteiger partial charge in [0.2, 0.25) is 0 Å². The highest BCUT2D eigenvalue weighted by molar-refractivity contribution is 8.27. The van der Waals surface area contributed by atoms with Gasteiger partial charge in [0.25, 0.3) is 5.91 Å². The summed E-state index contributed by atoms with van der Waals surface area (Å²) in [6.07, 6.45) is 5.58. The van der Waals surface area contributed by atoms with Gasteiger partial charge in [-0.25, -0.2) is 0 Å². The molecule has 1 fully saturated rings. The number of benzene rings is 2. The van der Waals surface area contributed by atoms with E-state index in [2.05, 4.69) is 0 Å². The van der Waals surface area contributed by atoms with Gasteiger partial charge in [-0.1, -0.05) is 90.2 Å². The molecule has 2 aromatic rings. The quantitative estimate of drug-likeness (QED) is 0.549. The Morgan fingerprint density at radius 3 is 2.48 bits per heavy atom. The van der Waals surface area contributed by atoms with E-state index in [9.17, 15) is 4.79 Å². The first kappa shape index (κ1) is 16.0. The number of rotatable bonds is 3. The topological polar surface area (TPSA) is 20.3 Å². The van der Waals surface area contributed by atoms with Gasteiger partial charge in [0, 0.05) is 0 Å². The number of thiocarbonyl (C=S) groups is 1. The molecule has 0 radical (unpaired) electrons. The SMILES string of the molecule is O=C1/C(=C/C=C/c2ccccc2)SC(=S)N1c1ccccc1Cl. The van der Waals surface area contributed by atoms with Gasteiger partial charge in [0.05, 0.1) is 15.6 Å². The van der Waals surface area contributed by atoms with Crippen LogP contribution in [-0.2, 0) is 4.79 Å². The second-order valence-corrected chi connectivity index (χ2v) is 6.84. The Hall–Kier alpha value is -1.88. The van der Waals surface area contributed by atoms with Crippen LogP contribution in [0.4, 0.5) is 5.69 Å². The van der Waals surface area contributed by atoms with E-state index in [1.807, 2.05) is 54.6 Å². The summed E-state index contributed by atoms with van der Waals surface area (Å²) in [5, 5.41) is 0.505. The predicted octanol–water partition coefficient (Wildman–Crippen LogP) is 5.30. The summed E-state index contributed by atoms with van der Waals surface area (Å²) in [5.41, 5.74) is 1.69. The van der Waals surface area contributed by atoms with Crippen molar-refractivity contribution in [1.29, 1.82) is 0 Å². The molecule has 1 heterocycles. The number of carbonyl (C=O) groups excluding carboxylic acids is 1. The molecule has 0 atom stereocenters. The molecule has 0 N–H and O–H groups in total. The number of anilines is 1. The fourth-order valence-electron chi connectivity index (χ4n) is 2.13. The third-order valence-electron chi connectivity index (χ3n) is 3.22. The molecule has 1 aliphatic rings. The number of nitrogens with zero attached hydrogens (tertiary/aromatic N) is 1. The lowest BCUT2D eigenvalue weighted by atomic mass is 10.2. The Morgan fingerprint density at radius 1 is 1.04 bits per heavy atom. The Kier molecular flexibility index (Phi) is 4.96. The fraction of sp³-hybridized carbons (Fsp3) is 0. The maximum Gasteiger partial charge on any atom is 0.270 e. The summed E-state index contributed by atoms with van der Waals surface area (Å²) in [5.74, 6) is -0.147. The summed E-state index contributed by atoms with van der Waals surface area (Å²) < 4.78 is 0.488. The van der Waals surface area contributed by atoms with Crippen molar-refractivity contribution in [3.05, 3.63) is 82.2 Å². The Labute approximate surface area is 149 Å². The van der Waals surface area contributed by atoms with Crippen LogP contribution in [0.2, 0.25) is 5.02 Å². The number of hydrogen-bond donors (Lipinski definition) is 0. The van der Waals surface area contributed by atoms with Gasteiger partial charge in [-0.3, -0.25) is 9.69 Å². The maximum atomic E-state index is 12.6. The molecule has 0 unspecified atom stereocenters. The minimum Gasteiger partial charge on any atom is -0.268 e. The van der Waals surface area contributed by atoms with Crippen LogP contribution in [0.1, 0.15) is 5.56 Å². The molecule has 23 heavy (non-hydrogen) atoms. The molecular weight excluding hydrogens is 346 g/mol. The third-order valence-corrected chi connectivity index (χ3v) is 4.86. The zero-order valence-corrected chi connectivity index (χ0v) is 14.4. The van der Waals surface area contributed by atoms with E-state index in [4.69, 9.17) is 23.8 Å². The number of thioether (sulfide) groups is 1. The molecule has 3 rings (SSSR count). The van der Waals surface area contributed by atoms with Crippen molar-refractivity contribution >= 4 is 57.6 Å². The zero-order valence-electron chi connectivity index (χ0n) is 12.0. The molecule has 2 aromatic carbocycles. The first-order valence-electron chi connectivity index (χ1n) is 6.91. The molecule has 5 heteroatoms. The van der Waals surface area contributed by atoms with Gasteiger partial charge in [0.15, 0.2) is 4.32 Å². The van der Waals surface area contributed by atoms with Crippen LogP contribution >= 0.6 is 35.6 Å². The van der Waals surface area contributed by atoms with E-state index < -0.39 is 0 Å². The molecule has 1 saturated heterocycles. The first-order valence-corrected chi connectivity index (χ1v) is 8.51. The van der Waals surface area contributed by atoms with Gasteiger partial charge in [-0.05, 0) is 23.8 Å². The summed E-state index contributed by atoms with van der Waals surface area (Å²) in [6.45, 7) is 0. The monoisotopic (exact) mass is 357 g/mol. The van der Waals surface area contributed by atoms with Crippen LogP contribution in [0.15, 0.2) is 71.7 Å². The number of para-hydroxylation sites is 1. The molecule has 0 saturated carbocycles. The van der Waals surface area contributed by atoms with Crippen molar-refractivity contribution in [2.45, 2.75) is 0 Å². The lowest BCUT2D eigenvalue weighted by Gasteiger charge is -2.15. The summed E-state index contributed by atoms with van der Waals surface area (Å²) in [6, 6.07) is 17.1. The van der Waals surface area contributed by atoms with E-state index >= 15 is 0 Å². The highest BCUT2D eigenvalue weighted by Gasteiger charge is 2.33. The first-order chi connectivity index (χ1) is 11.2. The largest absolute Gasteiger partial charge is 0.270 e. The third kappa shape index (κ3) is 3.55. The summed E-state index contributed by atoms with van der Waals surface area (Å²) >= 11 is 12.8. The lowest BCUT2D eigenvalue weighted by molar-refractivity contribution is -0.113. The molecule has 1 aliphatic heterocycles. The van der Waals surface area contributed by atoms with Crippen molar-refractivity contribution < 1.29 is 4.79 Å². The van der Waals surface area contributed by atoms with Crippen LogP contribution in [0.25, 0.3) is 6.08 Å². The van der Waals surface area contributed by atoms with Gasteiger partial charge in [-0.2, -0.15) is 0 Å². The molecule has 0 aromatic heterocycles. The van der Waals surface area contributed by atoms with E-state index in [1.54, 1.807) is 18.2 Å². The number of amides is 1. The fourth-order valence-corrected chi connectivity index (χ4v) is 3.59. The number of carbonyl (C=O) groups is 1. The van der Waals surface area contributed by atoms with Crippen LogP contribution in [0.5, 0.6) is 0 Å². The summed E-state index contributed by atoms with van der Waals surface area (Å²) in [7, 11) is 0. The van der Waals surface area contributed by atoms with E-state index in [0.29, 0.717) is 19.9 Å².